The van der Waals surface area contributed by atoms with E-state index in [2.05, 4.69) is 88.8 Å². The third-order valence-electron chi connectivity index (χ3n) is 9.19. The molecule has 4 aromatic rings. The van der Waals surface area contributed by atoms with Gasteiger partial charge in [-0.15, -0.1) is 0 Å². The van der Waals surface area contributed by atoms with Crippen LogP contribution in [0.2, 0.25) is 12.6 Å². The van der Waals surface area contributed by atoms with E-state index in [1.54, 1.807) is 12.5 Å². The molecule has 41 heavy (non-hydrogen) atoms. The summed E-state index contributed by atoms with van der Waals surface area (Å²) in [6, 6.07) is 25.4. The Kier molecular flexibility index (Phi) is 7.43. The Labute approximate surface area is 242 Å². The average molecular weight is 589 g/mol. The summed E-state index contributed by atoms with van der Waals surface area (Å²) in [7, 11) is -3.24. The van der Waals surface area contributed by atoms with Gasteiger partial charge in [0.25, 0.3) is 14.1 Å². The Morgan fingerprint density at radius 2 is 1.80 bits per heavy atom. The highest BCUT2D eigenvalue weighted by molar-refractivity contribution is 7.45. The van der Waals surface area contributed by atoms with Gasteiger partial charge in [0.2, 0.25) is 0 Å². The summed E-state index contributed by atoms with van der Waals surface area (Å²) >= 11 is 0. The molecule has 6 atom stereocenters. The third-order valence-corrected chi connectivity index (χ3v) is 15.4. The van der Waals surface area contributed by atoms with E-state index in [0.29, 0.717) is 18.0 Å². The first-order chi connectivity index (χ1) is 20.0. The topological polar surface area (TPSA) is 81.6 Å². The van der Waals surface area contributed by atoms with Gasteiger partial charge in [-0.2, -0.15) is 0 Å². The van der Waals surface area contributed by atoms with Crippen molar-refractivity contribution in [2.45, 2.75) is 75.8 Å². The zero-order chi connectivity index (χ0) is 28.0. The molecule has 0 spiro atoms. The van der Waals surface area contributed by atoms with E-state index < -0.39 is 16.6 Å². The number of hydrogen-bond donors (Lipinski definition) is 1. The molecule has 0 bridgehead atoms. The maximum absolute atomic E-state index is 12.2. The van der Waals surface area contributed by atoms with Crippen LogP contribution in [0.1, 0.15) is 38.8 Å². The van der Waals surface area contributed by atoms with Crippen molar-refractivity contribution in [3.05, 3.63) is 89.6 Å². The molecule has 0 amide bonds. The molecular formula is C31H37N4O4PSi. The summed E-state index contributed by atoms with van der Waals surface area (Å²) in [5, 5.41) is 2.89. The van der Waals surface area contributed by atoms with Crippen LogP contribution >= 0.6 is 8.53 Å². The highest BCUT2D eigenvalue weighted by atomic mass is 31.2. The van der Waals surface area contributed by atoms with Crippen LogP contribution in [0.5, 0.6) is 0 Å². The van der Waals surface area contributed by atoms with Crippen molar-refractivity contribution < 1.29 is 13.8 Å². The van der Waals surface area contributed by atoms with Gasteiger partial charge >= 0.3 is 0 Å². The molecule has 3 fully saturated rings. The van der Waals surface area contributed by atoms with E-state index in [0.717, 1.165) is 30.9 Å². The number of aromatic amines is 1. The number of ether oxygens (including phenoxy) is 1. The van der Waals surface area contributed by atoms with Gasteiger partial charge in [-0.1, -0.05) is 84.5 Å². The Bertz CT molecular complexity index is 1510. The third kappa shape index (κ3) is 4.92. The fraction of sp³-hybridized carbons (Fsp3) is 0.419. The number of hydrogen-bond acceptors (Lipinski definition) is 6. The zero-order valence-corrected chi connectivity index (χ0v) is 25.5. The SMILES string of the molecule is CC[C@H]1O[C@@H](n2cnc3c(=O)[nH]ccc32)CC1OP1O[C@H](C[Si](C)(c2ccccc2)c2ccccc2)[C@@H]2CCCN21. The van der Waals surface area contributed by atoms with E-state index in [1.807, 2.05) is 10.6 Å². The van der Waals surface area contributed by atoms with Gasteiger partial charge in [-0.3, -0.25) is 4.79 Å². The fourth-order valence-corrected chi connectivity index (χ4v) is 12.9. The number of pyridine rings is 1. The van der Waals surface area contributed by atoms with E-state index >= 15 is 0 Å². The first kappa shape index (κ1) is 27.2. The van der Waals surface area contributed by atoms with Crippen molar-refractivity contribution >= 4 is 38.0 Å². The number of nitrogens with one attached hydrogen (secondary N) is 1. The second kappa shape index (κ2) is 11.2. The molecule has 214 valence electrons. The quantitative estimate of drug-likeness (QED) is 0.236. The van der Waals surface area contributed by atoms with Crippen LogP contribution in [0.3, 0.4) is 0 Å². The molecule has 2 aromatic heterocycles. The molecule has 3 saturated heterocycles. The van der Waals surface area contributed by atoms with Gasteiger partial charge in [0.05, 0.1) is 30.2 Å². The van der Waals surface area contributed by atoms with Gasteiger partial charge in [0, 0.05) is 25.2 Å². The number of fused-ring (bicyclic) bond motifs is 2. The Balaban J connectivity index is 1.12. The van der Waals surface area contributed by atoms with Crippen LogP contribution in [0.15, 0.2) is 84.0 Å². The van der Waals surface area contributed by atoms with Gasteiger partial charge < -0.3 is 23.3 Å². The Morgan fingerprint density at radius 1 is 1.07 bits per heavy atom. The molecule has 3 aliphatic heterocycles. The van der Waals surface area contributed by atoms with Crippen LogP contribution in [0.4, 0.5) is 0 Å². The van der Waals surface area contributed by atoms with Crippen LogP contribution < -0.4 is 15.9 Å². The Morgan fingerprint density at radius 3 is 2.51 bits per heavy atom. The predicted molar refractivity (Wildman–Crippen MR) is 164 cm³/mol. The molecule has 10 heteroatoms. The molecular weight excluding hydrogens is 551 g/mol. The first-order valence-electron chi connectivity index (χ1n) is 14.8. The molecule has 3 aliphatic rings. The molecule has 1 N–H and O–H groups in total. The highest BCUT2D eigenvalue weighted by Gasteiger charge is 2.51. The monoisotopic (exact) mass is 588 g/mol. The molecule has 2 aromatic carbocycles. The standard InChI is InChI=1S/C31H37N4O4PSi/c1-3-26-27(19-29(37-26)34-21-33-30-25(34)16-17-32-31(30)36)38-40-35-18-10-15-24(35)28(39-40)20-41(2,22-11-6-4-7-12-22)23-13-8-5-9-14-23/h4-9,11-14,16-17,21,24,26-29H,3,10,15,18-20H2,1-2H3,(H,32,36)/t24-,26+,27?,28+,29+,40?/m0/s1. The van der Waals surface area contributed by atoms with Crippen molar-refractivity contribution in [1.82, 2.24) is 19.2 Å². The summed E-state index contributed by atoms with van der Waals surface area (Å²) in [4.78, 5) is 19.3. The molecule has 2 unspecified atom stereocenters. The van der Waals surface area contributed by atoms with Crippen molar-refractivity contribution in [2.24, 2.45) is 0 Å². The van der Waals surface area contributed by atoms with Crippen LogP contribution in [0, 0.1) is 0 Å². The summed E-state index contributed by atoms with van der Waals surface area (Å²) in [5.74, 6) is 0. The molecule has 0 aliphatic carbocycles. The normalized spacial score (nSPS) is 28.4. The lowest BCUT2D eigenvalue weighted by Crippen LogP contribution is -2.58. The minimum Gasteiger partial charge on any atom is -0.352 e. The van der Waals surface area contributed by atoms with E-state index in [-0.39, 0.29) is 30.1 Å². The van der Waals surface area contributed by atoms with E-state index in [1.165, 1.54) is 16.8 Å². The highest BCUT2D eigenvalue weighted by Crippen LogP contribution is 2.59. The van der Waals surface area contributed by atoms with Gasteiger partial charge in [0.1, 0.15) is 14.3 Å². The minimum atomic E-state index is -2.06. The van der Waals surface area contributed by atoms with Crippen LogP contribution in [-0.4, -0.2) is 58.2 Å². The predicted octanol–water partition coefficient (Wildman–Crippen LogP) is 4.79. The zero-order valence-electron chi connectivity index (χ0n) is 23.6. The number of aromatic nitrogens is 3. The molecule has 0 saturated carbocycles. The smallest absolute Gasteiger partial charge is 0.276 e. The number of rotatable bonds is 8. The lowest BCUT2D eigenvalue weighted by atomic mass is 10.1. The molecule has 8 nitrogen and oxygen atoms in total. The maximum Gasteiger partial charge on any atom is 0.276 e. The van der Waals surface area contributed by atoms with E-state index in [9.17, 15) is 4.79 Å². The second-order valence-corrected chi connectivity index (χ2v) is 17.3. The summed E-state index contributed by atoms with van der Waals surface area (Å²) in [5.41, 5.74) is 1.03. The summed E-state index contributed by atoms with van der Waals surface area (Å²) in [6.45, 7) is 5.65. The number of benzene rings is 2. The lowest BCUT2D eigenvalue weighted by molar-refractivity contribution is -0.0150. The fourth-order valence-electron chi connectivity index (χ4n) is 6.94. The second-order valence-electron chi connectivity index (χ2n) is 11.6. The molecule has 0 radical (unpaired) electrons. The van der Waals surface area contributed by atoms with E-state index in [4.69, 9.17) is 13.8 Å². The van der Waals surface area contributed by atoms with Crippen LogP contribution in [0.25, 0.3) is 11.0 Å². The van der Waals surface area contributed by atoms with Gasteiger partial charge in [-0.25, -0.2) is 9.65 Å². The van der Waals surface area contributed by atoms with Crippen molar-refractivity contribution in [2.75, 3.05) is 6.54 Å². The Hall–Kier alpha value is -2.65. The minimum absolute atomic E-state index is 0.0427. The van der Waals surface area contributed by atoms with Crippen molar-refractivity contribution in [3.63, 3.8) is 0 Å². The van der Waals surface area contributed by atoms with Crippen molar-refractivity contribution in [3.8, 4) is 0 Å². The summed E-state index contributed by atoms with van der Waals surface area (Å²) in [6.07, 6.45) is 7.03. The first-order valence-corrected chi connectivity index (χ1v) is 18.6. The molecule has 7 rings (SSSR count). The summed E-state index contributed by atoms with van der Waals surface area (Å²) < 4.78 is 24.8. The number of imidazole rings is 1. The largest absolute Gasteiger partial charge is 0.352 e. The maximum atomic E-state index is 12.2. The lowest BCUT2D eigenvalue weighted by Gasteiger charge is -2.32. The number of nitrogens with zero attached hydrogens (tertiary/aromatic N) is 3. The average Bonchev–Trinajstić information content (AvgIpc) is 3.80. The van der Waals surface area contributed by atoms with Gasteiger partial charge in [-0.05, 0) is 31.4 Å². The van der Waals surface area contributed by atoms with Gasteiger partial charge in [0.15, 0.2) is 5.52 Å². The van der Waals surface area contributed by atoms with Crippen molar-refractivity contribution in [1.29, 1.82) is 0 Å². The number of H-pyrrole nitrogens is 1. The molecule has 5 heterocycles. The van der Waals surface area contributed by atoms with Crippen LogP contribution in [-0.2, 0) is 13.8 Å².